The number of hydrogen-bond donors (Lipinski definition) is 1. The average Bonchev–Trinajstić information content (AvgIpc) is 2.75. The van der Waals surface area contributed by atoms with Crippen LogP contribution in [0.2, 0.25) is 0 Å². The number of benzene rings is 2. The molecule has 0 spiro atoms. The first-order chi connectivity index (χ1) is 14.1. The summed E-state index contributed by atoms with van der Waals surface area (Å²) in [5.41, 5.74) is 2.52. The van der Waals surface area contributed by atoms with Gasteiger partial charge in [-0.15, -0.1) is 11.8 Å². The third kappa shape index (κ3) is 6.12. The molecule has 6 heteroatoms. The van der Waals surface area contributed by atoms with Gasteiger partial charge >= 0.3 is 0 Å². The number of thioether (sulfide) groups is 1. The molecule has 0 amide bonds. The Morgan fingerprint density at radius 3 is 2.41 bits per heavy atom. The number of ether oxygens (including phenoxy) is 2. The Hall–Kier alpha value is -1.73. The second kappa shape index (κ2) is 10.9. The first-order valence-electron chi connectivity index (χ1n) is 10.1. The van der Waals surface area contributed by atoms with Crippen LogP contribution in [-0.4, -0.2) is 67.7 Å². The fourth-order valence-corrected chi connectivity index (χ4v) is 4.44. The molecule has 158 valence electrons. The lowest BCUT2D eigenvalue weighted by Crippen LogP contribution is -2.52. The van der Waals surface area contributed by atoms with Crippen LogP contribution < -0.4 is 9.47 Å². The summed E-state index contributed by atoms with van der Waals surface area (Å²) in [5, 5.41) is 9.62. The molecule has 3 rings (SSSR count). The summed E-state index contributed by atoms with van der Waals surface area (Å²) in [4.78, 5) is 6.28. The second-order valence-corrected chi connectivity index (χ2v) is 8.32. The highest BCUT2D eigenvalue weighted by Crippen LogP contribution is 2.26. The molecule has 1 saturated heterocycles. The molecule has 1 unspecified atom stereocenters. The van der Waals surface area contributed by atoms with E-state index >= 15 is 0 Å². The fourth-order valence-electron chi connectivity index (χ4n) is 3.95. The van der Waals surface area contributed by atoms with Crippen molar-refractivity contribution in [2.75, 3.05) is 46.7 Å². The van der Waals surface area contributed by atoms with Crippen LogP contribution >= 0.6 is 11.8 Å². The maximum Gasteiger partial charge on any atom is 0.122 e. The summed E-state index contributed by atoms with van der Waals surface area (Å²) in [7, 11) is 3.36. The van der Waals surface area contributed by atoms with Crippen molar-refractivity contribution in [3.63, 3.8) is 0 Å². The molecule has 0 bridgehead atoms. The molecule has 0 radical (unpaired) electrons. The van der Waals surface area contributed by atoms with Gasteiger partial charge in [-0.3, -0.25) is 9.80 Å². The predicted octanol–water partition coefficient (Wildman–Crippen LogP) is 3.49. The van der Waals surface area contributed by atoms with E-state index in [1.54, 1.807) is 26.0 Å². The Balaban J connectivity index is 1.67. The number of piperazine rings is 1. The zero-order valence-corrected chi connectivity index (χ0v) is 18.5. The molecule has 2 aromatic carbocycles. The number of methoxy groups -OCH3 is 2. The van der Waals surface area contributed by atoms with Crippen molar-refractivity contribution >= 4 is 11.8 Å². The van der Waals surface area contributed by atoms with E-state index in [9.17, 15) is 5.11 Å². The van der Waals surface area contributed by atoms with Gasteiger partial charge < -0.3 is 14.6 Å². The fraction of sp³-hybridized carbons (Fsp3) is 0.478. The van der Waals surface area contributed by atoms with Gasteiger partial charge in [0.2, 0.25) is 0 Å². The molecular weight excluding hydrogens is 384 g/mol. The molecule has 1 aliphatic rings. The Bertz CT molecular complexity index is 764. The van der Waals surface area contributed by atoms with Crippen LogP contribution in [0.25, 0.3) is 0 Å². The number of nitrogens with zero attached hydrogens (tertiary/aromatic N) is 2. The minimum absolute atomic E-state index is 0.207. The largest absolute Gasteiger partial charge is 0.497 e. The summed E-state index contributed by atoms with van der Waals surface area (Å²) in [6.45, 7) is 4.95. The first-order valence-corrected chi connectivity index (χ1v) is 11.3. The molecule has 2 aromatic rings. The Morgan fingerprint density at radius 2 is 1.76 bits per heavy atom. The van der Waals surface area contributed by atoms with Gasteiger partial charge in [-0.05, 0) is 48.1 Å². The Morgan fingerprint density at radius 1 is 1.00 bits per heavy atom. The van der Waals surface area contributed by atoms with Crippen LogP contribution in [-0.2, 0) is 13.1 Å². The maximum atomic E-state index is 9.62. The lowest BCUT2D eigenvalue weighted by Gasteiger charge is -2.41. The van der Waals surface area contributed by atoms with Crippen molar-refractivity contribution in [2.45, 2.75) is 30.4 Å². The van der Waals surface area contributed by atoms with E-state index in [-0.39, 0.29) is 6.61 Å². The second-order valence-electron chi connectivity index (χ2n) is 7.44. The highest BCUT2D eigenvalue weighted by Gasteiger charge is 2.27. The Kier molecular flexibility index (Phi) is 8.24. The monoisotopic (exact) mass is 416 g/mol. The van der Waals surface area contributed by atoms with E-state index in [1.807, 2.05) is 6.07 Å². The molecular formula is C23H32N2O3S. The summed E-state index contributed by atoms with van der Waals surface area (Å²) in [5.74, 6) is 1.62. The van der Waals surface area contributed by atoms with Gasteiger partial charge in [-0.2, -0.15) is 0 Å². The van der Waals surface area contributed by atoms with E-state index in [1.165, 1.54) is 16.0 Å². The predicted molar refractivity (Wildman–Crippen MR) is 119 cm³/mol. The molecule has 29 heavy (non-hydrogen) atoms. The molecule has 1 atom stereocenters. The summed E-state index contributed by atoms with van der Waals surface area (Å²) in [6, 6.07) is 15.1. The number of rotatable bonds is 9. The van der Waals surface area contributed by atoms with Crippen molar-refractivity contribution in [1.29, 1.82) is 0 Å². The summed E-state index contributed by atoms with van der Waals surface area (Å²) in [6.07, 6.45) is 2.89. The lowest BCUT2D eigenvalue weighted by molar-refractivity contribution is 0.0499. The molecule has 0 saturated carbocycles. The minimum atomic E-state index is 0.207. The molecule has 0 aromatic heterocycles. The molecule has 5 nitrogen and oxygen atoms in total. The molecule has 0 aliphatic carbocycles. The molecule has 1 heterocycles. The minimum Gasteiger partial charge on any atom is -0.497 e. The van der Waals surface area contributed by atoms with Crippen LogP contribution in [0.4, 0.5) is 0 Å². The number of aliphatic hydroxyl groups excluding tert-OH is 1. The van der Waals surface area contributed by atoms with Gasteiger partial charge in [0.15, 0.2) is 0 Å². The first kappa shape index (κ1) is 22.0. The third-order valence-corrected chi connectivity index (χ3v) is 6.21. The summed E-state index contributed by atoms with van der Waals surface area (Å²) >= 11 is 1.78. The van der Waals surface area contributed by atoms with Gasteiger partial charge in [0, 0.05) is 56.3 Å². The lowest BCUT2D eigenvalue weighted by atomic mass is 10.1. The normalized spacial score (nSPS) is 18.0. The van der Waals surface area contributed by atoms with Crippen molar-refractivity contribution in [3.8, 4) is 11.5 Å². The molecule has 1 aliphatic heterocycles. The van der Waals surface area contributed by atoms with Crippen molar-refractivity contribution in [3.05, 3.63) is 53.6 Å². The van der Waals surface area contributed by atoms with E-state index in [2.05, 4.69) is 52.5 Å². The van der Waals surface area contributed by atoms with Gasteiger partial charge in [0.1, 0.15) is 11.5 Å². The van der Waals surface area contributed by atoms with Crippen molar-refractivity contribution < 1.29 is 14.6 Å². The smallest absolute Gasteiger partial charge is 0.122 e. The molecule has 1 N–H and O–H groups in total. The SMILES string of the molecule is COc1cc(CN2CCN(Cc3cccc(SC)c3)CC2CCO)cc(OC)c1. The standard InChI is InChI=1S/C23H32N2O3S/c1-27-21-11-19(12-22(14-21)28-2)16-25-9-8-24(17-20(25)7-10-26)15-18-5-4-6-23(13-18)29-3/h4-6,11-14,20,26H,7-10,15-17H2,1-3H3. The van der Waals surface area contributed by atoms with E-state index in [0.29, 0.717) is 6.04 Å². The van der Waals surface area contributed by atoms with Gasteiger partial charge in [0.05, 0.1) is 14.2 Å². The van der Waals surface area contributed by atoms with Crippen molar-refractivity contribution in [1.82, 2.24) is 9.80 Å². The number of aliphatic hydroxyl groups is 1. The van der Waals surface area contributed by atoms with Crippen LogP contribution in [0.5, 0.6) is 11.5 Å². The van der Waals surface area contributed by atoms with Crippen LogP contribution in [0.1, 0.15) is 17.5 Å². The maximum absolute atomic E-state index is 9.62. The van der Waals surface area contributed by atoms with Crippen molar-refractivity contribution in [2.24, 2.45) is 0 Å². The zero-order chi connectivity index (χ0) is 20.6. The topological polar surface area (TPSA) is 45.2 Å². The molecule has 1 fully saturated rings. The summed E-state index contributed by atoms with van der Waals surface area (Å²) < 4.78 is 10.8. The van der Waals surface area contributed by atoms with E-state index in [4.69, 9.17) is 9.47 Å². The third-order valence-electron chi connectivity index (χ3n) is 5.49. The highest BCUT2D eigenvalue weighted by atomic mass is 32.2. The van der Waals surface area contributed by atoms with Crippen LogP contribution in [0.3, 0.4) is 0 Å². The average molecular weight is 417 g/mol. The van der Waals surface area contributed by atoms with E-state index in [0.717, 1.165) is 50.6 Å². The van der Waals surface area contributed by atoms with Gasteiger partial charge in [-0.25, -0.2) is 0 Å². The van der Waals surface area contributed by atoms with Gasteiger partial charge in [0.25, 0.3) is 0 Å². The zero-order valence-electron chi connectivity index (χ0n) is 17.6. The van der Waals surface area contributed by atoms with Gasteiger partial charge in [-0.1, -0.05) is 12.1 Å². The quantitative estimate of drug-likeness (QED) is 0.632. The van der Waals surface area contributed by atoms with Crippen LogP contribution in [0.15, 0.2) is 47.4 Å². The van der Waals surface area contributed by atoms with Crippen LogP contribution in [0, 0.1) is 0 Å². The number of hydrogen-bond acceptors (Lipinski definition) is 6. The highest BCUT2D eigenvalue weighted by molar-refractivity contribution is 7.98. The van der Waals surface area contributed by atoms with E-state index < -0.39 is 0 Å². The Labute approximate surface area is 178 Å².